The first kappa shape index (κ1) is 23.2. The van der Waals surface area contributed by atoms with E-state index >= 15 is 0 Å². The standard InChI is InChI=1S/C31H27NO4/c1-33-27-19-25-18-26(32-31(36-4)28(25)30(35-3)29(27)34-2)24-16-22(20-11-7-5-8-12-20)15-23(17-24)21-13-9-6-10-14-21/h5-19H,1-4H3. The van der Waals surface area contributed by atoms with Crippen molar-refractivity contribution in [2.24, 2.45) is 0 Å². The van der Waals surface area contributed by atoms with Crippen LogP contribution in [0.3, 0.4) is 0 Å². The Balaban J connectivity index is 1.78. The van der Waals surface area contributed by atoms with E-state index in [1.54, 1.807) is 28.4 Å². The summed E-state index contributed by atoms with van der Waals surface area (Å²) >= 11 is 0. The number of aromatic nitrogens is 1. The van der Waals surface area contributed by atoms with Gasteiger partial charge in [0.1, 0.15) is 0 Å². The van der Waals surface area contributed by atoms with E-state index in [0.29, 0.717) is 23.1 Å². The summed E-state index contributed by atoms with van der Waals surface area (Å²) in [5.74, 6) is 2.04. The van der Waals surface area contributed by atoms with Gasteiger partial charge in [-0.1, -0.05) is 60.7 Å². The number of rotatable bonds is 7. The zero-order valence-corrected chi connectivity index (χ0v) is 20.7. The summed E-state index contributed by atoms with van der Waals surface area (Å²) in [6.45, 7) is 0. The average molecular weight is 478 g/mol. The van der Waals surface area contributed by atoms with Crippen LogP contribution in [0.4, 0.5) is 0 Å². The van der Waals surface area contributed by atoms with Gasteiger partial charge < -0.3 is 18.9 Å². The number of methoxy groups -OCH3 is 4. The van der Waals surface area contributed by atoms with Crippen molar-refractivity contribution in [3.63, 3.8) is 0 Å². The molecule has 0 bridgehead atoms. The number of benzene rings is 4. The van der Waals surface area contributed by atoms with Crippen LogP contribution >= 0.6 is 0 Å². The molecule has 0 N–H and O–H groups in total. The quantitative estimate of drug-likeness (QED) is 0.247. The van der Waals surface area contributed by atoms with Gasteiger partial charge in [0.05, 0.1) is 39.5 Å². The second-order valence-electron chi connectivity index (χ2n) is 8.29. The number of nitrogens with zero attached hydrogens (tertiary/aromatic N) is 1. The van der Waals surface area contributed by atoms with Crippen molar-refractivity contribution in [1.82, 2.24) is 4.98 Å². The zero-order chi connectivity index (χ0) is 25.1. The monoisotopic (exact) mass is 477 g/mol. The van der Waals surface area contributed by atoms with E-state index in [0.717, 1.165) is 44.3 Å². The van der Waals surface area contributed by atoms with E-state index in [9.17, 15) is 0 Å². The van der Waals surface area contributed by atoms with E-state index in [1.165, 1.54) is 0 Å². The van der Waals surface area contributed by atoms with Crippen molar-refractivity contribution in [2.45, 2.75) is 0 Å². The lowest BCUT2D eigenvalue weighted by Crippen LogP contribution is -1.99. The lowest BCUT2D eigenvalue weighted by atomic mass is 9.94. The fourth-order valence-electron chi connectivity index (χ4n) is 4.52. The zero-order valence-electron chi connectivity index (χ0n) is 20.7. The van der Waals surface area contributed by atoms with Crippen LogP contribution in [0, 0.1) is 0 Å². The molecule has 0 aliphatic rings. The van der Waals surface area contributed by atoms with E-state index in [4.69, 9.17) is 23.9 Å². The molecule has 0 unspecified atom stereocenters. The summed E-state index contributed by atoms with van der Waals surface area (Å²) in [6.07, 6.45) is 0. The van der Waals surface area contributed by atoms with E-state index < -0.39 is 0 Å². The van der Waals surface area contributed by atoms with Gasteiger partial charge in [-0.25, -0.2) is 4.98 Å². The summed E-state index contributed by atoms with van der Waals surface area (Å²) in [5.41, 5.74) is 6.25. The summed E-state index contributed by atoms with van der Waals surface area (Å²) < 4.78 is 22.6. The van der Waals surface area contributed by atoms with Gasteiger partial charge in [0.25, 0.3) is 0 Å². The molecular formula is C31H27NO4. The Morgan fingerprint density at radius 1 is 0.500 bits per heavy atom. The van der Waals surface area contributed by atoms with E-state index in [1.807, 2.05) is 48.5 Å². The maximum absolute atomic E-state index is 5.75. The number of pyridine rings is 1. The molecule has 1 aromatic heterocycles. The van der Waals surface area contributed by atoms with Crippen LogP contribution in [0.5, 0.6) is 23.1 Å². The van der Waals surface area contributed by atoms with Crippen molar-refractivity contribution in [3.8, 4) is 56.6 Å². The van der Waals surface area contributed by atoms with E-state index in [2.05, 4.69) is 42.5 Å². The van der Waals surface area contributed by atoms with Crippen LogP contribution in [0.1, 0.15) is 0 Å². The third-order valence-electron chi connectivity index (χ3n) is 6.22. The Kier molecular flexibility index (Phi) is 6.46. The molecule has 0 saturated carbocycles. The Morgan fingerprint density at radius 2 is 1.06 bits per heavy atom. The molecule has 0 amide bonds. The molecule has 5 aromatic rings. The van der Waals surface area contributed by atoms with Crippen molar-refractivity contribution < 1.29 is 18.9 Å². The first-order valence-electron chi connectivity index (χ1n) is 11.6. The minimum Gasteiger partial charge on any atom is -0.493 e. The predicted octanol–water partition coefficient (Wildman–Crippen LogP) is 7.27. The summed E-state index contributed by atoms with van der Waals surface area (Å²) in [4.78, 5) is 4.90. The normalized spacial score (nSPS) is 10.8. The lowest BCUT2D eigenvalue weighted by molar-refractivity contribution is 0.326. The Bertz CT molecular complexity index is 1460. The molecule has 5 rings (SSSR count). The Hall–Kier alpha value is -4.51. The highest BCUT2D eigenvalue weighted by atomic mass is 16.5. The molecule has 36 heavy (non-hydrogen) atoms. The maximum Gasteiger partial charge on any atom is 0.225 e. The predicted molar refractivity (Wildman–Crippen MR) is 144 cm³/mol. The van der Waals surface area contributed by atoms with Crippen LogP contribution in [-0.2, 0) is 0 Å². The summed E-state index contributed by atoms with van der Waals surface area (Å²) in [6, 6.07) is 31.2. The molecule has 0 aliphatic carbocycles. The third-order valence-corrected chi connectivity index (χ3v) is 6.22. The Morgan fingerprint density at radius 3 is 1.56 bits per heavy atom. The second-order valence-corrected chi connectivity index (χ2v) is 8.29. The maximum atomic E-state index is 5.75. The second kappa shape index (κ2) is 10.0. The molecule has 0 saturated heterocycles. The van der Waals surface area contributed by atoms with Gasteiger partial charge in [0.2, 0.25) is 11.6 Å². The molecular weight excluding hydrogens is 450 g/mol. The highest BCUT2D eigenvalue weighted by Gasteiger charge is 2.21. The lowest BCUT2D eigenvalue weighted by Gasteiger charge is -2.17. The molecule has 0 aliphatic heterocycles. The van der Waals surface area contributed by atoms with Crippen molar-refractivity contribution in [2.75, 3.05) is 28.4 Å². The van der Waals surface area contributed by atoms with Gasteiger partial charge in [-0.2, -0.15) is 0 Å². The largest absolute Gasteiger partial charge is 0.493 e. The van der Waals surface area contributed by atoms with Crippen molar-refractivity contribution >= 4 is 10.8 Å². The van der Waals surface area contributed by atoms with Gasteiger partial charge in [0.15, 0.2) is 11.5 Å². The van der Waals surface area contributed by atoms with Crippen LogP contribution in [0.15, 0.2) is 91.0 Å². The van der Waals surface area contributed by atoms with Crippen molar-refractivity contribution in [1.29, 1.82) is 0 Å². The average Bonchev–Trinajstić information content (AvgIpc) is 2.96. The first-order valence-corrected chi connectivity index (χ1v) is 11.6. The smallest absolute Gasteiger partial charge is 0.225 e. The molecule has 0 fully saturated rings. The molecule has 0 spiro atoms. The fourth-order valence-corrected chi connectivity index (χ4v) is 4.52. The number of hydrogen-bond donors (Lipinski definition) is 0. The molecule has 5 nitrogen and oxygen atoms in total. The van der Waals surface area contributed by atoms with Crippen molar-refractivity contribution in [3.05, 3.63) is 91.0 Å². The molecule has 0 radical (unpaired) electrons. The summed E-state index contributed by atoms with van der Waals surface area (Å²) in [5, 5.41) is 1.60. The first-order chi connectivity index (χ1) is 17.7. The number of ether oxygens (including phenoxy) is 4. The SMILES string of the molecule is COc1cc2cc(-c3cc(-c4ccccc4)cc(-c4ccccc4)c3)nc(OC)c2c(OC)c1OC. The van der Waals surface area contributed by atoms with Gasteiger partial charge in [-0.3, -0.25) is 0 Å². The van der Waals surface area contributed by atoms with Gasteiger partial charge in [-0.15, -0.1) is 0 Å². The fraction of sp³-hybridized carbons (Fsp3) is 0.129. The van der Waals surface area contributed by atoms with Gasteiger partial charge in [-0.05, 0) is 58.0 Å². The topological polar surface area (TPSA) is 49.8 Å². The van der Waals surface area contributed by atoms with E-state index in [-0.39, 0.29) is 0 Å². The highest BCUT2D eigenvalue weighted by Crippen LogP contribution is 2.47. The van der Waals surface area contributed by atoms with Gasteiger partial charge in [0, 0.05) is 5.56 Å². The minimum atomic E-state index is 0.451. The van der Waals surface area contributed by atoms with Crippen LogP contribution < -0.4 is 18.9 Å². The number of hydrogen-bond acceptors (Lipinski definition) is 5. The highest BCUT2D eigenvalue weighted by molar-refractivity contribution is 5.99. The van der Waals surface area contributed by atoms with Crippen LogP contribution in [0.25, 0.3) is 44.3 Å². The molecule has 180 valence electrons. The Labute approximate surface area is 210 Å². The third kappa shape index (κ3) is 4.20. The molecule has 1 heterocycles. The molecule has 5 heteroatoms. The molecule has 4 aromatic carbocycles. The van der Waals surface area contributed by atoms with Crippen LogP contribution in [0.2, 0.25) is 0 Å². The molecule has 0 atom stereocenters. The minimum absolute atomic E-state index is 0.451. The number of fused-ring (bicyclic) bond motifs is 1. The van der Waals surface area contributed by atoms with Gasteiger partial charge >= 0.3 is 0 Å². The van der Waals surface area contributed by atoms with Crippen LogP contribution in [-0.4, -0.2) is 33.4 Å². The summed E-state index contributed by atoms with van der Waals surface area (Å²) in [7, 11) is 6.40.